The number of nitrogens with zero attached hydrogens (tertiary/aromatic N) is 2. The van der Waals surface area contributed by atoms with Crippen LogP contribution in [-0.4, -0.2) is 16.5 Å². The van der Waals surface area contributed by atoms with E-state index in [-0.39, 0.29) is 6.04 Å². The van der Waals surface area contributed by atoms with E-state index in [0.29, 0.717) is 0 Å². The van der Waals surface area contributed by atoms with Crippen molar-refractivity contribution in [2.75, 3.05) is 6.54 Å². The van der Waals surface area contributed by atoms with Crippen LogP contribution in [-0.2, 0) is 6.42 Å². The monoisotopic (exact) mass is 275 g/mol. The molecule has 1 atom stereocenters. The van der Waals surface area contributed by atoms with E-state index < -0.39 is 0 Å². The van der Waals surface area contributed by atoms with Gasteiger partial charge in [-0.15, -0.1) is 0 Å². The van der Waals surface area contributed by atoms with Gasteiger partial charge in [-0.1, -0.05) is 36.7 Å². The Morgan fingerprint density at radius 1 is 1.21 bits per heavy atom. The quantitative estimate of drug-likeness (QED) is 0.909. The standard InChI is InChI=1S/C15H18ClN3/c1-3-17-14(15-10-18-11(2)9-19-15)8-12-6-4-5-7-13(12)16/h4-7,9-10,14,17H,3,8H2,1-2H3. The molecule has 4 heteroatoms. The van der Waals surface area contributed by atoms with Crippen LogP contribution >= 0.6 is 11.6 Å². The molecule has 1 heterocycles. The second kappa shape index (κ2) is 6.64. The molecule has 0 spiro atoms. The number of hydrogen-bond donors (Lipinski definition) is 1. The van der Waals surface area contributed by atoms with Gasteiger partial charge in [-0.05, 0) is 31.5 Å². The largest absolute Gasteiger partial charge is 0.309 e. The lowest BCUT2D eigenvalue weighted by atomic mass is 10.0. The third-order valence-electron chi connectivity index (χ3n) is 2.99. The summed E-state index contributed by atoms with van der Waals surface area (Å²) in [5.41, 5.74) is 3.00. The Hall–Kier alpha value is -1.45. The molecule has 0 aliphatic carbocycles. The summed E-state index contributed by atoms with van der Waals surface area (Å²) in [5, 5.41) is 4.23. The summed E-state index contributed by atoms with van der Waals surface area (Å²) in [4.78, 5) is 8.77. The molecule has 0 saturated heterocycles. The minimum atomic E-state index is 0.137. The Morgan fingerprint density at radius 2 is 2.00 bits per heavy atom. The van der Waals surface area contributed by atoms with Crippen molar-refractivity contribution in [3.05, 3.63) is 58.6 Å². The molecule has 2 rings (SSSR count). The molecule has 0 radical (unpaired) electrons. The fraction of sp³-hybridized carbons (Fsp3) is 0.333. The molecule has 1 N–H and O–H groups in total. The molecule has 3 nitrogen and oxygen atoms in total. The summed E-state index contributed by atoms with van der Waals surface area (Å²) < 4.78 is 0. The van der Waals surface area contributed by atoms with Gasteiger partial charge in [0.05, 0.1) is 23.6 Å². The smallest absolute Gasteiger partial charge is 0.0759 e. The number of benzene rings is 1. The number of nitrogens with one attached hydrogen (secondary N) is 1. The molecule has 2 aromatic rings. The van der Waals surface area contributed by atoms with Crippen molar-refractivity contribution in [3.63, 3.8) is 0 Å². The van der Waals surface area contributed by atoms with Crippen LogP contribution in [0.5, 0.6) is 0 Å². The van der Waals surface area contributed by atoms with Crippen molar-refractivity contribution in [2.45, 2.75) is 26.3 Å². The molecule has 0 bridgehead atoms. The van der Waals surface area contributed by atoms with Gasteiger partial charge in [0.25, 0.3) is 0 Å². The van der Waals surface area contributed by atoms with Crippen molar-refractivity contribution in [1.29, 1.82) is 0 Å². The Bertz CT molecular complexity index is 525. The molecular formula is C15H18ClN3. The summed E-state index contributed by atoms with van der Waals surface area (Å²) >= 11 is 6.22. The molecule has 0 amide bonds. The SMILES string of the molecule is CCNC(Cc1ccccc1Cl)c1cnc(C)cn1. The zero-order valence-corrected chi connectivity index (χ0v) is 12.0. The molecule has 100 valence electrons. The van der Waals surface area contributed by atoms with Crippen LogP contribution in [0.4, 0.5) is 0 Å². The maximum Gasteiger partial charge on any atom is 0.0759 e. The average Bonchev–Trinajstić information content (AvgIpc) is 2.42. The lowest BCUT2D eigenvalue weighted by Gasteiger charge is -2.18. The van der Waals surface area contributed by atoms with Gasteiger partial charge >= 0.3 is 0 Å². The van der Waals surface area contributed by atoms with Crippen LogP contribution < -0.4 is 5.32 Å². The topological polar surface area (TPSA) is 37.8 Å². The minimum absolute atomic E-state index is 0.137. The van der Waals surface area contributed by atoms with Gasteiger partial charge < -0.3 is 5.32 Å². The predicted molar refractivity (Wildman–Crippen MR) is 78.3 cm³/mol. The van der Waals surface area contributed by atoms with Crippen molar-refractivity contribution in [1.82, 2.24) is 15.3 Å². The van der Waals surface area contributed by atoms with Crippen molar-refractivity contribution >= 4 is 11.6 Å². The van der Waals surface area contributed by atoms with E-state index in [1.807, 2.05) is 37.4 Å². The van der Waals surface area contributed by atoms with Crippen molar-refractivity contribution in [3.8, 4) is 0 Å². The van der Waals surface area contributed by atoms with Crippen LogP contribution in [0, 0.1) is 6.92 Å². The summed E-state index contributed by atoms with van der Waals surface area (Å²) in [5.74, 6) is 0. The van der Waals surface area contributed by atoms with Crippen molar-refractivity contribution < 1.29 is 0 Å². The normalized spacial score (nSPS) is 12.4. The number of rotatable bonds is 5. The highest BCUT2D eigenvalue weighted by molar-refractivity contribution is 6.31. The van der Waals surface area contributed by atoms with E-state index >= 15 is 0 Å². The third-order valence-corrected chi connectivity index (χ3v) is 3.36. The van der Waals surface area contributed by atoms with Crippen LogP contribution in [0.3, 0.4) is 0 Å². The molecule has 0 aliphatic heterocycles. The Morgan fingerprint density at radius 3 is 2.63 bits per heavy atom. The molecule has 1 unspecified atom stereocenters. The summed E-state index contributed by atoms with van der Waals surface area (Å²) in [6.45, 7) is 4.90. The minimum Gasteiger partial charge on any atom is -0.309 e. The molecule has 0 fully saturated rings. The number of aromatic nitrogens is 2. The Balaban J connectivity index is 2.21. The molecule has 19 heavy (non-hydrogen) atoms. The summed E-state index contributed by atoms with van der Waals surface area (Å²) in [6, 6.07) is 8.05. The predicted octanol–water partition coefficient (Wildman–Crippen LogP) is 3.33. The first kappa shape index (κ1) is 14.0. The van der Waals surface area contributed by atoms with Gasteiger partial charge in [0, 0.05) is 11.2 Å². The van der Waals surface area contributed by atoms with E-state index in [1.54, 1.807) is 6.20 Å². The van der Waals surface area contributed by atoms with E-state index in [2.05, 4.69) is 22.2 Å². The van der Waals surface area contributed by atoms with Crippen LogP contribution in [0.15, 0.2) is 36.7 Å². The highest BCUT2D eigenvalue weighted by atomic mass is 35.5. The van der Waals surface area contributed by atoms with Gasteiger partial charge in [0.1, 0.15) is 0 Å². The first-order chi connectivity index (χ1) is 9.20. The molecular weight excluding hydrogens is 258 g/mol. The van der Waals surface area contributed by atoms with Gasteiger partial charge in [0.2, 0.25) is 0 Å². The lowest BCUT2D eigenvalue weighted by Crippen LogP contribution is -2.24. The third kappa shape index (κ3) is 3.75. The molecule has 0 aliphatic rings. The van der Waals surface area contributed by atoms with Gasteiger partial charge in [-0.2, -0.15) is 0 Å². The average molecular weight is 276 g/mol. The Labute approximate surface area is 119 Å². The number of aryl methyl sites for hydroxylation is 1. The maximum atomic E-state index is 6.22. The van der Waals surface area contributed by atoms with E-state index in [4.69, 9.17) is 11.6 Å². The lowest BCUT2D eigenvalue weighted by molar-refractivity contribution is 0.534. The fourth-order valence-corrected chi connectivity index (χ4v) is 2.21. The van der Waals surface area contributed by atoms with E-state index in [1.165, 1.54) is 0 Å². The van der Waals surface area contributed by atoms with Crippen molar-refractivity contribution in [2.24, 2.45) is 0 Å². The zero-order chi connectivity index (χ0) is 13.7. The second-order valence-corrected chi connectivity index (χ2v) is 4.90. The summed E-state index contributed by atoms with van der Waals surface area (Å²) in [6.07, 6.45) is 4.44. The van der Waals surface area contributed by atoms with Crippen LogP contribution in [0.2, 0.25) is 5.02 Å². The van der Waals surface area contributed by atoms with Gasteiger partial charge in [0.15, 0.2) is 0 Å². The molecule has 1 aromatic heterocycles. The van der Waals surface area contributed by atoms with Crippen LogP contribution in [0.25, 0.3) is 0 Å². The summed E-state index contributed by atoms with van der Waals surface area (Å²) in [7, 11) is 0. The fourth-order valence-electron chi connectivity index (χ4n) is 1.99. The highest BCUT2D eigenvalue weighted by Crippen LogP contribution is 2.22. The maximum absolute atomic E-state index is 6.22. The second-order valence-electron chi connectivity index (χ2n) is 4.49. The van der Waals surface area contributed by atoms with E-state index in [0.717, 1.165) is 34.9 Å². The van der Waals surface area contributed by atoms with Gasteiger partial charge in [-0.25, -0.2) is 0 Å². The Kier molecular flexibility index (Phi) is 4.88. The van der Waals surface area contributed by atoms with Crippen LogP contribution in [0.1, 0.15) is 29.9 Å². The number of halogens is 1. The number of likely N-dealkylation sites (N-methyl/N-ethyl adjacent to an activating group) is 1. The van der Waals surface area contributed by atoms with E-state index in [9.17, 15) is 0 Å². The molecule has 0 saturated carbocycles. The van der Waals surface area contributed by atoms with Gasteiger partial charge in [-0.3, -0.25) is 9.97 Å². The number of hydrogen-bond acceptors (Lipinski definition) is 3. The molecule has 1 aromatic carbocycles. The highest BCUT2D eigenvalue weighted by Gasteiger charge is 2.14. The first-order valence-corrected chi connectivity index (χ1v) is 6.84. The zero-order valence-electron chi connectivity index (χ0n) is 11.2. The first-order valence-electron chi connectivity index (χ1n) is 6.46.